The summed E-state index contributed by atoms with van der Waals surface area (Å²) < 4.78 is 6.25. The molecule has 0 bridgehead atoms. The predicted octanol–water partition coefficient (Wildman–Crippen LogP) is 5.53. The van der Waals surface area contributed by atoms with E-state index in [4.69, 9.17) is 9.73 Å². The monoisotopic (exact) mass is 432 g/mol. The average Bonchev–Trinajstić information content (AvgIpc) is 3.34. The molecule has 0 radical (unpaired) electrons. The van der Waals surface area contributed by atoms with Gasteiger partial charge in [-0.15, -0.1) is 0 Å². The van der Waals surface area contributed by atoms with Gasteiger partial charge in [-0.3, -0.25) is 5.32 Å². The number of nitrogens with one attached hydrogen (secondary N) is 3. The molecule has 0 fully saturated rings. The molecule has 2 heterocycles. The lowest BCUT2D eigenvalue weighted by Crippen LogP contribution is -2.45. The lowest BCUT2D eigenvalue weighted by Gasteiger charge is -2.33. The van der Waals surface area contributed by atoms with Gasteiger partial charge in [-0.25, -0.2) is 4.99 Å². The Labute approximate surface area is 193 Å². The van der Waals surface area contributed by atoms with Crippen LogP contribution in [0.4, 0.5) is 5.69 Å². The Morgan fingerprint density at radius 3 is 2.09 bits per heavy atom. The van der Waals surface area contributed by atoms with Crippen LogP contribution in [-0.4, -0.2) is 5.84 Å². The smallest absolute Gasteiger partial charge is 0.197 e. The Morgan fingerprint density at radius 1 is 0.636 bits per heavy atom. The van der Waals surface area contributed by atoms with Crippen LogP contribution in [0.2, 0.25) is 0 Å². The number of benzene rings is 4. The number of nitrogens with zero attached hydrogens (tertiary/aromatic N) is 1. The highest BCUT2D eigenvalue weighted by molar-refractivity contribution is 5.99. The average molecular weight is 433 g/mol. The molecule has 6 rings (SSSR count). The molecule has 33 heavy (non-hydrogen) atoms. The standard InChI is InChI=1S/C28H24N4O/c1-3-11-19(12-4-1)25-30-26(20-13-5-2-6-14-20)32-27(31-25)21-15-7-8-16-22(21)28-29-23-17-9-10-18-24(23)33-28/h1-18,25,27-29,31H,(H,30,32). The van der Waals surface area contributed by atoms with Crippen molar-refractivity contribution in [1.29, 1.82) is 0 Å². The van der Waals surface area contributed by atoms with Crippen molar-refractivity contribution in [1.82, 2.24) is 10.6 Å². The Bertz CT molecular complexity index is 1260. The lowest BCUT2D eigenvalue weighted by atomic mass is 10.0. The van der Waals surface area contributed by atoms with Crippen molar-refractivity contribution in [2.24, 2.45) is 4.99 Å². The molecular formula is C28H24N4O. The quantitative estimate of drug-likeness (QED) is 0.397. The molecule has 0 amide bonds. The maximum Gasteiger partial charge on any atom is 0.197 e. The second-order valence-electron chi connectivity index (χ2n) is 8.17. The molecule has 3 N–H and O–H groups in total. The van der Waals surface area contributed by atoms with Gasteiger partial charge in [0, 0.05) is 11.1 Å². The lowest BCUT2D eigenvalue weighted by molar-refractivity contribution is 0.256. The van der Waals surface area contributed by atoms with Crippen LogP contribution >= 0.6 is 0 Å². The zero-order chi connectivity index (χ0) is 22.0. The molecule has 0 saturated heterocycles. The van der Waals surface area contributed by atoms with Gasteiger partial charge < -0.3 is 15.4 Å². The summed E-state index contributed by atoms with van der Waals surface area (Å²) in [5, 5.41) is 10.8. The summed E-state index contributed by atoms with van der Waals surface area (Å²) in [5.41, 5.74) is 5.39. The van der Waals surface area contributed by atoms with E-state index < -0.39 is 0 Å². The molecule has 2 aliphatic rings. The minimum Gasteiger partial charge on any atom is -0.464 e. The first-order valence-electron chi connectivity index (χ1n) is 11.2. The van der Waals surface area contributed by atoms with Crippen molar-refractivity contribution in [2.45, 2.75) is 18.6 Å². The summed E-state index contributed by atoms with van der Waals surface area (Å²) >= 11 is 0. The number of aliphatic imine (C=N–C) groups is 1. The van der Waals surface area contributed by atoms with E-state index in [2.05, 4.69) is 64.5 Å². The van der Waals surface area contributed by atoms with Crippen molar-refractivity contribution in [3.05, 3.63) is 131 Å². The third-order valence-corrected chi connectivity index (χ3v) is 6.03. The molecule has 4 aromatic rings. The highest BCUT2D eigenvalue weighted by Gasteiger charge is 2.31. The summed E-state index contributed by atoms with van der Waals surface area (Å²) in [6, 6.07) is 37.0. The fourth-order valence-corrected chi connectivity index (χ4v) is 4.41. The molecule has 3 atom stereocenters. The van der Waals surface area contributed by atoms with Crippen molar-refractivity contribution < 1.29 is 4.74 Å². The zero-order valence-electron chi connectivity index (χ0n) is 18.0. The van der Waals surface area contributed by atoms with Crippen molar-refractivity contribution in [3.8, 4) is 5.75 Å². The minimum atomic E-state index is -0.253. The van der Waals surface area contributed by atoms with E-state index in [9.17, 15) is 0 Å². The second-order valence-corrected chi connectivity index (χ2v) is 8.17. The van der Waals surface area contributed by atoms with E-state index in [1.54, 1.807) is 0 Å². The van der Waals surface area contributed by atoms with Crippen LogP contribution in [0.15, 0.2) is 114 Å². The number of rotatable bonds is 4. The Kier molecular flexibility index (Phi) is 5.01. The van der Waals surface area contributed by atoms with Crippen LogP contribution in [0.1, 0.15) is 40.8 Å². The fraction of sp³-hybridized carbons (Fsp3) is 0.107. The van der Waals surface area contributed by atoms with E-state index in [0.717, 1.165) is 39.5 Å². The number of fused-ring (bicyclic) bond motifs is 1. The zero-order valence-corrected chi connectivity index (χ0v) is 18.0. The van der Waals surface area contributed by atoms with Crippen LogP contribution < -0.4 is 20.7 Å². The third-order valence-electron chi connectivity index (χ3n) is 6.03. The Morgan fingerprint density at radius 2 is 1.30 bits per heavy atom. The first-order chi connectivity index (χ1) is 16.3. The maximum atomic E-state index is 6.25. The SMILES string of the molecule is c1ccc(C2=NC(c3ccccc3)NC(c3ccccc3C3Nc4ccccc4O3)N2)cc1. The molecule has 0 spiro atoms. The molecule has 162 valence electrons. The van der Waals surface area contributed by atoms with E-state index in [-0.39, 0.29) is 18.6 Å². The van der Waals surface area contributed by atoms with Gasteiger partial charge in [-0.2, -0.15) is 0 Å². The number of hydrogen-bond donors (Lipinski definition) is 3. The van der Waals surface area contributed by atoms with E-state index >= 15 is 0 Å². The summed E-state index contributed by atoms with van der Waals surface area (Å²) in [6.07, 6.45) is -0.569. The molecule has 0 aliphatic carbocycles. The van der Waals surface area contributed by atoms with Gasteiger partial charge in [0.05, 0.1) is 5.69 Å². The summed E-state index contributed by atoms with van der Waals surface area (Å²) in [5.74, 6) is 1.74. The van der Waals surface area contributed by atoms with Gasteiger partial charge in [0.2, 0.25) is 0 Å². The van der Waals surface area contributed by atoms with Crippen LogP contribution in [0.3, 0.4) is 0 Å². The number of para-hydroxylation sites is 2. The van der Waals surface area contributed by atoms with Crippen molar-refractivity contribution >= 4 is 11.5 Å². The highest BCUT2D eigenvalue weighted by Crippen LogP contribution is 2.39. The van der Waals surface area contributed by atoms with Crippen LogP contribution in [0.25, 0.3) is 0 Å². The second kappa shape index (κ2) is 8.45. The number of hydrogen-bond acceptors (Lipinski definition) is 5. The van der Waals surface area contributed by atoms with E-state index in [0.29, 0.717) is 0 Å². The molecule has 2 aliphatic heterocycles. The van der Waals surface area contributed by atoms with Gasteiger partial charge >= 0.3 is 0 Å². The summed E-state index contributed by atoms with van der Waals surface area (Å²) in [6.45, 7) is 0. The maximum absolute atomic E-state index is 6.25. The molecule has 4 aromatic carbocycles. The van der Waals surface area contributed by atoms with Crippen LogP contribution in [-0.2, 0) is 0 Å². The first kappa shape index (κ1) is 19.6. The fourth-order valence-electron chi connectivity index (χ4n) is 4.41. The first-order valence-corrected chi connectivity index (χ1v) is 11.2. The predicted molar refractivity (Wildman–Crippen MR) is 131 cm³/mol. The van der Waals surface area contributed by atoms with Crippen LogP contribution in [0, 0.1) is 0 Å². The van der Waals surface area contributed by atoms with Gasteiger partial charge in [0.25, 0.3) is 0 Å². The Balaban J connectivity index is 1.37. The highest BCUT2D eigenvalue weighted by atomic mass is 16.5. The van der Waals surface area contributed by atoms with Crippen LogP contribution in [0.5, 0.6) is 5.75 Å². The largest absolute Gasteiger partial charge is 0.464 e. The molecular weight excluding hydrogens is 408 g/mol. The van der Waals surface area contributed by atoms with E-state index in [1.807, 2.05) is 60.7 Å². The molecule has 0 aromatic heterocycles. The van der Waals surface area contributed by atoms with Gasteiger partial charge in [0.15, 0.2) is 6.23 Å². The number of ether oxygens (including phenoxy) is 1. The topological polar surface area (TPSA) is 57.7 Å². The van der Waals surface area contributed by atoms with Gasteiger partial charge in [-0.05, 0) is 23.3 Å². The Hall–Kier alpha value is -4.09. The molecule has 0 saturated carbocycles. The normalized spacial score (nSPS) is 21.2. The van der Waals surface area contributed by atoms with Gasteiger partial charge in [0.1, 0.15) is 23.9 Å². The van der Waals surface area contributed by atoms with Gasteiger partial charge in [-0.1, -0.05) is 97.1 Å². The number of amidine groups is 1. The van der Waals surface area contributed by atoms with Crippen molar-refractivity contribution in [2.75, 3.05) is 5.32 Å². The molecule has 5 heteroatoms. The summed E-state index contributed by atoms with van der Waals surface area (Å²) in [7, 11) is 0. The summed E-state index contributed by atoms with van der Waals surface area (Å²) in [4.78, 5) is 5.01. The molecule has 3 unspecified atom stereocenters. The van der Waals surface area contributed by atoms with Crippen molar-refractivity contribution in [3.63, 3.8) is 0 Å². The van der Waals surface area contributed by atoms with E-state index in [1.165, 1.54) is 0 Å². The minimum absolute atomic E-state index is 0.145. The molecule has 5 nitrogen and oxygen atoms in total. The number of anilines is 1. The third kappa shape index (κ3) is 3.83.